The predicted octanol–water partition coefficient (Wildman–Crippen LogP) is 0.639. The Balaban J connectivity index is 3.15. The molecule has 4 heteroatoms. The molecule has 0 fully saturated rings. The maximum Gasteiger partial charge on any atom is 0.348 e. The van der Waals surface area contributed by atoms with Crippen molar-refractivity contribution >= 4 is 15.9 Å². The first-order valence-corrected chi connectivity index (χ1v) is 3.69. The second-order valence-electron chi connectivity index (χ2n) is 1.89. The van der Waals surface area contributed by atoms with Crippen molar-refractivity contribution in [3.05, 3.63) is 27.4 Å². The summed E-state index contributed by atoms with van der Waals surface area (Å²) in [6, 6.07) is 0. The minimum atomic E-state index is -0.328. The zero-order valence-corrected chi connectivity index (χ0v) is 7.21. The molecule has 3 nitrogen and oxygen atoms in total. The third-order valence-corrected chi connectivity index (χ3v) is 1.49. The third-order valence-electron chi connectivity index (χ3n) is 1.08. The molecule has 0 saturated carbocycles. The summed E-state index contributed by atoms with van der Waals surface area (Å²) in [6.45, 7) is 0.255. The van der Waals surface area contributed by atoms with Crippen molar-refractivity contribution in [1.82, 2.24) is 9.55 Å². The Labute approximate surface area is 72.2 Å². The summed E-state index contributed by atoms with van der Waals surface area (Å²) in [5.74, 6) is 2.35. The zero-order valence-electron chi connectivity index (χ0n) is 5.62. The Hall–Kier alpha value is -1.08. The van der Waals surface area contributed by atoms with Gasteiger partial charge >= 0.3 is 5.69 Å². The minimum Gasteiger partial charge on any atom is -0.286 e. The van der Waals surface area contributed by atoms with Gasteiger partial charge in [-0.25, -0.2) is 9.78 Å². The van der Waals surface area contributed by atoms with Gasteiger partial charge in [-0.1, -0.05) is 5.92 Å². The summed E-state index contributed by atoms with van der Waals surface area (Å²) < 4.78 is 2.09. The molecule has 56 valence electrons. The highest BCUT2D eigenvalue weighted by atomic mass is 79.9. The van der Waals surface area contributed by atoms with Gasteiger partial charge in [0.25, 0.3) is 0 Å². The predicted molar refractivity (Wildman–Crippen MR) is 45.0 cm³/mol. The summed E-state index contributed by atoms with van der Waals surface area (Å²) in [5, 5.41) is 0. The molecule has 0 amide bonds. The van der Waals surface area contributed by atoms with Crippen molar-refractivity contribution < 1.29 is 0 Å². The Morgan fingerprint density at radius 2 is 2.55 bits per heavy atom. The van der Waals surface area contributed by atoms with Crippen molar-refractivity contribution in [1.29, 1.82) is 0 Å². The van der Waals surface area contributed by atoms with E-state index in [0.717, 1.165) is 4.47 Å². The zero-order chi connectivity index (χ0) is 8.27. The second kappa shape index (κ2) is 3.35. The summed E-state index contributed by atoms with van der Waals surface area (Å²) in [7, 11) is 0. The Kier molecular flexibility index (Phi) is 2.44. The van der Waals surface area contributed by atoms with Gasteiger partial charge < -0.3 is 0 Å². The van der Waals surface area contributed by atoms with Gasteiger partial charge in [-0.2, -0.15) is 0 Å². The second-order valence-corrected chi connectivity index (χ2v) is 2.80. The first kappa shape index (κ1) is 8.02. The molecule has 0 bridgehead atoms. The van der Waals surface area contributed by atoms with Gasteiger partial charge in [0.1, 0.15) is 0 Å². The molecule has 0 aromatic carbocycles. The van der Waals surface area contributed by atoms with Gasteiger partial charge in [0.2, 0.25) is 0 Å². The lowest BCUT2D eigenvalue weighted by molar-refractivity contribution is 0.753. The molecule has 0 atom stereocenters. The van der Waals surface area contributed by atoms with E-state index >= 15 is 0 Å². The Morgan fingerprint density at radius 3 is 3.18 bits per heavy atom. The maximum atomic E-state index is 10.9. The first-order valence-electron chi connectivity index (χ1n) is 2.89. The number of halogens is 1. The summed E-state index contributed by atoms with van der Waals surface area (Å²) in [5.41, 5.74) is -0.328. The van der Waals surface area contributed by atoms with Gasteiger partial charge in [-0.15, -0.1) is 6.42 Å². The molecule has 1 heterocycles. The molecule has 0 aliphatic carbocycles. The van der Waals surface area contributed by atoms with Crippen LogP contribution < -0.4 is 5.69 Å². The quantitative estimate of drug-likeness (QED) is 0.641. The van der Waals surface area contributed by atoms with Gasteiger partial charge in [-0.05, 0) is 15.9 Å². The van der Waals surface area contributed by atoms with E-state index in [-0.39, 0.29) is 12.2 Å². The van der Waals surface area contributed by atoms with E-state index in [1.807, 2.05) is 0 Å². The van der Waals surface area contributed by atoms with E-state index in [1.54, 1.807) is 6.20 Å². The maximum absolute atomic E-state index is 10.9. The molecule has 0 spiro atoms. The van der Waals surface area contributed by atoms with E-state index in [9.17, 15) is 4.79 Å². The number of terminal acetylenes is 1. The van der Waals surface area contributed by atoms with Crippen molar-refractivity contribution in [2.24, 2.45) is 0 Å². The molecule has 1 aromatic rings. The van der Waals surface area contributed by atoms with Gasteiger partial charge in [-0.3, -0.25) is 4.57 Å². The molecule has 0 N–H and O–H groups in total. The molecule has 0 aliphatic rings. The van der Waals surface area contributed by atoms with Crippen LogP contribution in [0.5, 0.6) is 0 Å². The van der Waals surface area contributed by atoms with E-state index < -0.39 is 0 Å². The SMILES string of the molecule is C#CCn1cc(Br)cnc1=O. The van der Waals surface area contributed by atoms with Gasteiger partial charge in [0.15, 0.2) is 0 Å². The number of hydrogen-bond acceptors (Lipinski definition) is 2. The highest BCUT2D eigenvalue weighted by molar-refractivity contribution is 9.10. The van der Waals surface area contributed by atoms with Crippen LogP contribution in [0.15, 0.2) is 21.7 Å². The monoisotopic (exact) mass is 212 g/mol. The molecular weight excluding hydrogens is 208 g/mol. The van der Waals surface area contributed by atoms with Crippen molar-refractivity contribution in [2.75, 3.05) is 0 Å². The third kappa shape index (κ3) is 1.92. The van der Waals surface area contributed by atoms with Crippen LogP contribution in [-0.4, -0.2) is 9.55 Å². The summed E-state index contributed by atoms with van der Waals surface area (Å²) >= 11 is 3.18. The number of rotatable bonds is 1. The van der Waals surface area contributed by atoms with Crippen molar-refractivity contribution in [2.45, 2.75) is 6.54 Å². The molecule has 0 aliphatic heterocycles. The molecule has 1 rings (SSSR count). The van der Waals surface area contributed by atoms with Crippen LogP contribution in [0.2, 0.25) is 0 Å². The average molecular weight is 213 g/mol. The highest BCUT2D eigenvalue weighted by Gasteiger charge is 1.94. The van der Waals surface area contributed by atoms with Gasteiger partial charge in [0, 0.05) is 12.4 Å². The van der Waals surface area contributed by atoms with Crippen molar-refractivity contribution in [3.63, 3.8) is 0 Å². The first-order chi connectivity index (χ1) is 5.24. The van der Waals surface area contributed by atoms with Crippen LogP contribution in [0.1, 0.15) is 0 Å². The summed E-state index contributed by atoms with van der Waals surface area (Å²) in [6.07, 6.45) is 8.07. The smallest absolute Gasteiger partial charge is 0.286 e. The number of aromatic nitrogens is 2. The van der Waals surface area contributed by atoms with Crippen LogP contribution in [0.4, 0.5) is 0 Å². The van der Waals surface area contributed by atoms with E-state index in [0.29, 0.717) is 0 Å². The number of nitrogens with zero attached hydrogens (tertiary/aromatic N) is 2. The highest BCUT2D eigenvalue weighted by Crippen LogP contribution is 2.02. The topological polar surface area (TPSA) is 34.9 Å². The Morgan fingerprint density at radius 1 is 1.82 bits per heavy atom. The molecule has 0 saturated heterocycles. The van der Waals surface area contributed by atoms with E-state index in [2.05, 4.69) is 26.8 Å². The van der Waals surface area contributed by atoms with Crippen LogP contribution in [0.25, 0.3) is 0 Å². The van der Waals surface area contributed by atoms with E-state index in [1.165, 1.54) is 10.8 Å². The average Bonchev–Trinajstić information content (AvgIpc) is 1.98. The lowest BCUT2D eigenvalue weighted by Gasteiger charge is -1.97. The lowest BCUT2D eigenvalue weighted by Crippen LogP contribution is -2.21. The standard InChI is InChI=1S/C7H5BrN2O/c1-2-3-10-5-6(8)4-9-7(10)11/h1,4-5H,3H2. The van der Waals surface area contributed by atoms with Crippen LogP contribution >= 0.6 is 15.9 Å². The number of hydrogen-bond donors (Lipinski definition) is 0. The fourth-order valence-corrected chi connectivity index (χ4v) is 0.990. The fourth-order valence-electron chi connectivity index (χ4n) is 0.640. The van der Waals surface area contributed by atoms with Crippen LogP contribution in [-0.2, 0) is 6.54 Å². The molecule has 1 aromatic heterocycles. The Bertz CT molecular complexity index is 350. The minimum absolute atomic E-state index is 0.255. The fraction of sp³-hybridized carbons (Fsp3) is 0.143. The molecule has 0 radical (unpaired) electrons. The molecular formula is C7H5BrN2O. The summed E-state index contributed by atoms with van der Waals surface area (Å²) in [4.78, 5) is 14.5. The van der Waals surface area contributed by atoms with Gasteiger partial charge in [0.05, 0.1) is 11.0 Å². The molecule has 0 unspecified atom stereocenters. The largest absolute Gasteiger partial charge is 0.348 e. The normalized spacial score (nSPS) is 9.09. The lowest BCUT2D eigenvalue weighted by atomic mass is 10.6. The van der Waals surface area contributed by atoms with Crippen molar-refractivity contribution in [3.8, 4) is 12.3 Å². The van der Waals surface area contributed by atoms with Crippen LogP contribution in [0, 0.1) is 12.3 Å². The van der Waals surface area contributed by atoms with E-state index in [4.69, 9.17) is 6.42 Å². The van der Waals surface area contributed by atoms with Crippen LogP contribution in [0.3, 0.4) is 0 Å². The molecule has 11 heavy (non-hydrogen) atoms.